The van der Waals surface area contributed by atoms with Crippen LogP contribution in [-0.4, -0.2) is 25.2 Å². The maximum Gasteiger partial charge on any atom is 0.0192 e. The molecule has 3 unspecified atom stereocenters. The van der Waals surface area contributed by atoms with Crippen LogP contribution in [0.5, 0.6) is 0 Å². The average Bonchev–Trinajstić information content (AvgIpc) is 2.28. The minimum atomic E-state index is 0.746. The fourth-order valence-electron chi connectivity index (χ4n) is 3.03. The van der Waals surface area contributed by atoms with Gasteiger partial charge in [0.05, 0.1) is 0 Å². The summed E-state index contributed by atoms with van der Waals surface area (Å²) in [6, 6.07) is 1.55. The summed E-state index contributed by atoms with van der Waals surface area (Å²) in [7, 11) is 0. The van der Waals surface area contributed by atoms with Crippen molar-refractivity contribution in [2.24, 2.45) is 5.92 Å². The van der Waals surface area contributed by atoms with Crippen molar-refractivity contribution in [1.82, 2.24) is 10.6 Å². The summed E-state index contributed by atoms with van der Waals surface area (Å²) in [4.78, 5) is 0. The Kier molecular flexibility index (Phi) is 4.45. The maximum absolute atomic E-state index is 3.76. The molecule has 1 saturated carbocycles. The first kappa shape index (κ1) is 11.4. The largest absolute Gasteiger partial charge is 0.313 e. The summed E-state index contributed by atoms with van der Waals surface area (Å²) in [5, 5.41) is 7.37. The molecule has 2 heteroatoms. The molecule has 2 rings (SSSR count). The van der Waals surface area contributed by atoms with Crippen LogP contribution in [0.2, 0.25) is 0 Å². The Morgan fingerprint density at radius 3 is 2.80 bits per heavy atom. The van der Waals surface area contributed by atoms with E-state index in [1.807, 2.05) is 0 Å². The first-order valence-corrected chi connectivity index (χ1v) is 6.81. The number of hydrogen-bond donors (Lipinski definition) is 2. The van der Waals surface area contributed by atoms with Crippen LogP contribution in [0.25, 0.3) is 0 Å². The molecule has 1 aliphatic carbocycles. The highest BCUT2D eigenvalue weighted by molar-refractivity contribution is 4.80. The van der Waals surface area contributed by atoms with E-state index in [0.29, 0.717) is 0 Å². The van der Waals surface area contributed by atoms with Crippen molar-refractivity contribution in [3.8, 4) is 0 Å². The molecule has 3 atom stereocenters. The highest BCUT2D eigenvalue weighted by Gasteiger charge is 2.20. The first-order valence-electron chi connectivity index (χ1n) is 6.81. The average molecular weight is 210 g/mol. The summed E-state index contributed by atoms with van der Waals surface area (Å²) in [6.45, 7) is 4.82. The smallest absolute Gasteiger partial charge is 0.0192 e. The molecule has 0 radical (unpaired) electrons. The van der Waals surface area contributed by atoms with Crippen LogP contribution in [0, 0.1) is 5.92 Å². The summed E-state index contributed by atoms with van der Waals surface area (Å²) < 4.78 is 0. The lowest BCUT2D eigenvalue weighted by molar-refractivity contribution is 0.282. The molecule has 0 aromatic rings. The lowest BCUT2D eigenvalue weighted by Gasteiger charge is -2.30. The highest BCUT2D eigenvalue weighted by atomic mass is 15.0. The molecule has 0 bridgehead atoms. The van der Waals surface area contributed by atoms with Gasteiger partial charge < -0.3 is 10.6 Å². The van der Waals surface area contributed by atoms with Gasteiger partial charge in [-0.1, -0.05) is 26.2 Å². The van der Waals surface area contributed by atoms with Crippen molar-refractivity contribution in [3.63, 3.8) is 0 Å². The minimum Gasteiger partial charge on any atom is -0.313 e. The third-order valence-corrected chi connectivity index (χ3v) is 4.00. The Bertz CT molecular complexity index is 175. The van der Waals surface area contributed by atoms with Crippen molar-refractivity contribution in [2.75, 3.05) is 13.1 Å². The standard InChI is InChI=1S/C13H26N2/c1-11-5-4-7-12(9-11)15-10-13-6-2-3-8-14-13/h11-15H,2-10H2,1H3. The van der Waals surface area contributed by atoms with Crippen molar-refractivity contribution in [3.05, 3.63) is 0 Å². The molecule has 0 aromatic heterocycles. The molecule has 2 nitrogen and oxygen atoms in total. The molecule has 2 N–H and O–H groups in total. The van der Waals surface area contributed by atoms with E-state index in [-0.39, 0.29) is 0 Å². The first-order chi connectivity index (χ1) is 7.34. The van der Waals surface area contributed by atoms with E-state index in [2.05, 4.69) is 17.6 Å². The molecule has 0 aromatic carbocycles. The summed E-state index contributed by atoms with van der Waals surface area (Å²) in [5.41, 5.74) is 0. The lowest BCUT2D eigenvalue weighted by Crippen LogP contribution is -2.45. The number of rotatable bonds is 3. The van der Waals surface area contributed by atoms with Gasteiger partial charge in [0.1, 0.15) is 0 Å². The van der Waals surface area contributed by atoms with Crippen molar-refractivity contribution in [2.45, 2.75) is 64.0 Å². The molecular weight excluding hydrogens is 184 g/mol. The van der Waals surface area contributed by atoms with Crippen LogP contribution in [0.3, 0.4) is 0 Å². The third kappa shape index (κ3) is 3.76. The van der Waals surface area contributed by atoms with Crippen molar-refractivity contribution < 1.29 is 0 Å². The van der Waals surface area contributed by atoms with Gasteiger partial charge in [0.15, 0.2) is 0 Å². The zero-order valence-electron chi connectivity index (χ0n) is 10.1. The van der Waals surface area contributed by atoms with E-state index in [1.54, 1.807) is 0 Å². The fraction of sp³-hybridized carbons (Fsp3) is 1.00. The monoisotopic (exact) mass is 210 g/mol. The molecule has 0 amide bonds. The predicted octanol–water partition coefficient (Wildman–Crippen LogP) is 2.30. The van der Waals surface area contributed by atoms with E-state index in [4.69, 9.17) is 0 Å². The van der Waals surface area contributed by atoms with Crippen LogP contribution < -0.4 is 10.6 Å². The molecule has 0 spiro atoms. The molecule has 15 heavy (non-hydrogen) atoms. The molecule has 2 aliphatic rings. The molecule has 1 aliphatic heterocycles. The fourth-order valence-corrected chi connectivity index (χ4v) is 3.03. The SMILES string of the molecule is CC1CCCC(NCC2CCCCN2)C1. The van der Waals surface area contributed by atoms with Gasteiger partial charge in [-0.2, -0.15) is 0 Å². The quantitative estimate of drug-likeness (QED) is 0.747. The summed E-state index contributed by atoms with van der Waals surface area (Å²) >= 11 is 0. The number of nitrogens with one attached hydrogen (secondary N) is 2. The van der Waals surface area contributed by atoms with E-state index in [9.17, 15) is 0 Å². The van der Waals surface area contributed by atoms with Crippen LogP contribution in [-0.2, 0) is 0 Å². The topological polar surface area (TPSA) is 24.1 Å². The molecule has 1 saturated heterocycles. The molecule has 1 heterocycles. The maximum atomic E-state index is 3.76. The Hall–Kier alpha value is -0.0800. The van der Waals surface area contributed by atoms with Gasteiger partial charge >= 0.3 is 0 Å². The van der Waals surface area contributed by atoms with Gasteiger partial charge in [0.25, 0.3) is 0 Å². The predicted molar refractivity (Wildman–Crippen MR) is 65.1 cm³/mol. The second-order valence-corrected chi connectivity index (χ2v) is 5.52. The van der Waals surface area contributed by atoms with Crippen molar-refractivity contribution >= 4 is 0 Å². The van der Waals surface area contributed by atoms with Crippen LogP contribution in [0.15, 0.2) is 0 Å². The van der Waals surface area contributed by atoms with Gasteiger partial charge in [-0.3, -0.25) is 0 Å². The Morgan fingerprint density at radius 2 is 2.07 bits per heavy atom. The van der Waals surface area contributed by atoms with Gasteiger partial charge in [0.2, 0.25) is 0 Å². The van der Waals surface area contributed by atoms with Gasteiger partial charge in [-0.05, 0) is 38.1 Å². The minimum absolute atomic E-state index is 0.746. The highest BCUT2D eigenvalue weighted by Crippen LogP contribution is 2.23. The van der Waals surface area contributed by atoms with E-state index >= 15 is 0 Å². The molecule has 88 valence electrons. The van der Waals surface area contributed by atoms with E-state index in [0.717, 1.165) is 18.0 Å². The van der Waals surface area contributed by atoms with Gasteiger partial charge in [-0.25, -0.2) is 0 Å². The second kappa shape index (κ2) is 5.86. The normalized spacial score (nSPS) is 37.8. The van der Waals surface area contributed by atoms with Crippen LogP contribution in [0.4, 0.5) is 0 Å². The Labute approximate surface area is 94.2 Å². The van der Waals surface area contributed by atoms with Crippen LogP contribution >= 0.6 is 0 Å². The summed E-state index contributed by atoms with van der Waals surface area (Å²) in [6.07, 6.45) is 9.83. The lowest BCUT2D eigenvalue weighted by atomic mass is 9.87. The Morgan fingerprint density at radius 1 is 1.13 bits per heavy atom. The van der Waals surface area contributed by atoms with E-state index < -0.39 is 0 Å². The molecular formula is C13H26N2. The van der Waals surface area contributed by atoms with E-state index in [1.165, 1.54) is 58.0 Å². The zero-order chi connectivity index (χ0) is 10.5. The number of hydrogen-bond acceptors (Lipinski definition) is 2. The Balaban J connectivity index is 1.63. The van der Waals surface area contributed by atoms with Gasteiger partial charge in [-0.15, -0.1) is 0 Å². The second-order valence-electron chi connectivity index (χ2n) is 5.52. The van der Waals surface area contributed by atoms with Crippen molar-refractivity contribution in [1.29, 1.82) is 0 Å². The van der Waals surface area contributed by atoms with Crippen LogP contribution in [0.1, 0.15) is 51.9 Å². The number of piperidine rings is 1. The summed E-state index contributed by atoms with van der Waals surface area (Å²) in [5.74, 6) is 0.940. The zero-order valence-corrected chi connectivity index (χ0v) is 10.1. The van der Waals surface area contributed by atoms with Gasteiger partial charge in [0, 0.05) is 18.6 Å². The molecule has 2 fully saturated rings. The third-order valence-electron chi connectivity index (χ3n) is 4.00.